The van der Waals surface area contributed by atoms with Crippen molar-refractivity contribution in [2.24, 2.45) is 4.99 Å². The van der Waals surface area contributed by atoms with Crippen LogP contribution in [-0.4, -0.2) is 30.0 Å². The van der Waals surface area contributed by atoms with E-state index < -0.39 is 0 Å². The first-order valence-corrected chi connectivity index (χ1v) is 7.44. The Morgan fingerprint density at radius 3 is 2.13 bits per heavy atom. The zero-order valence-corrected chi connectivity index (χ0v) is 13.2. The van der Waals surface area contributed by atoms with E-state index in [-0.39, 0.29) is 0 Å². The summed E-state index contributed by atoms with van der Waals surface area (Å²) in [6, 6.07) is 20.3. The molecule has 0 unspecified atom stereocenters. The summed E-state index contributed by atoms with van der Waals surface area (Å²) < 4.78 is 0. The SMILES string of the molecule is CN=C(NC)Nc1nc(-c2ccccc2)c(-c2ccccc2)[nH]1. The van der Waals surface area contributed by atoms with Crippen LogP contribution in [0.1, 0.15) is 0 Å². The number of hydrogen-bond donors (Lipinski definition) is 3. The van der Waals surface area contributed by atoms with E-state index in [1.807, 2.05) is 43.4 Å². The van der Waals surface area contributed by atoms with Gasteiger partial charge in [-0.1, -0.05) is 60.7 Å². The van der Waals surface area contributed by atoms with Crippen molar-refractivity contribution < 1.29 is 0 Å². The summed E-state index contributed by atoms with van der Waals surface area (Å²) in [4.78, 5) is 12.2. The molecule has 5 heteroatoms. The van der Waals surface area contributed by atoms with Gasteiger partial charge in [0.15, 0.2) is 5.96 Å². The Bertz CT molecular complexity index is 734. The molecular weight excluding hydrogens is 286 g/mol. The summed E-state index contributed by atoms with van der Waals surface area (Å²) in [5.41, 5.74) is 4.04. The minimum absolute atomic E-state index is 0.651. The Kier molecular flexibility index (Phi) is 4.38. The molecule has 1 heterocycles. The molecule has 3 rings (SSSR count). The summed E-state index contributed by atoms with van der Waals surface area (Å²) in [6.45, 7) is 0. The Hall–Kier alpha value is -3.08. The molecule has 0 saturated heterocycles. The fraction of sp³-hybridized carbons (Fsp3) is 0.111. The van der Waals surface area contributed by atoms with Gasteiger partial charge in [-0.2, -0.15) is 0 Å². The second-order valence-electron chi connectivity index (χ2n) is 4.99. The number of H-pyrrole nitrogens is 1. The van der Waals surface area contributed by atoms with E-state index in [1.165, 1.54) is 0 Å². The molecule has 0 aliphatic carbocycles. The number of nitrogens with zero attached hydrogens (tertiary/aromatic N) is 2. The van der Waals surface area contributed by atoms with Gasteiger partial charge in [0.1, 0.15) is 0 Å². The lowest BCUT2D eigenvalue weighted by atomic mass is 10.1. The lowest BCUT2D eigenvalue weighted by molar-refractivity contribution is 1.12. The number of aromatic nitrogens is 2. The van der Waals surface area contributed by atoms with Crippen molar-refractivity contribution in [3.63, 3.8) is 0 Å². The van der Waals surface area contributed by atoms with E-state index in [0.717, 1.165) is 22.5 Å². The molecule has 5 nitrogen and oxygen atoms in total. The van der Waals surface area contributed by atoms with Crippen molar-refractivity contribution in [3.05, 3.63) is 60.7 Å². The van der Waals surface area contributed by atoms with E-state index in [9.17, 15) is 0 Å². The molecule has 0 atom stereocenters. The third-order valence-electron chi connectivity index (χ3n) is 3.51. The maximum absolute atomic E-state index is 4.71. The quantitative estimate of drug-likeness (QED) is 0.513. The monoisotopic (exact) mass is 305 g/mol. The molecule has 3 N–H and O–H groups in total. The highest BCUT2D eigenvalue weighted by Gasteiger charge is 2.14. The Labute approximate surface area is 135 Å². The van der Waals surface area contributed by atoms with Crippen LogP contribution in [0.5, 0.6) is 0 Å². The summed E-state index contributed by atoms with van der Waals surface area (Å²) in [7, 11) is 3.53. The average molecular weight is 305 g/mol. The zero-order chi connectivity index (χ0) is 16.1. The van der Waals surface area contributed by atoms with Gasteiger partial charge in [-0.05, 0) is 0 Å². The molecule has 2 aromatic carbocycles. The number of guanidine groups is 1. The van der Waals surface area contributed by atoms with Crippen molar-refractivity contribution in [1.82, 2.24) is 15.3 Å². The first-order valence-electron chi connectivity index (χ1n) is 7.44. The average Bonchev–Trinajstić information content (AvgIpc) is 3.05. The van der Waals surface area contributed by atoms with Gasteiger partial charge in [0.05, 0.1) is 11.4 Å². The number of rotatable bonds is 3. The van der Waals surface area contributed by atoms with E-state index >= 15 is 0 Å². The minimum atomic E-state index is 0.651. The zero-order valence-electron chi connectivity index (χ0n) is 13.2. The fourth-order valence-electron chi connectivity index (χ4n) is 2.39. The molecule has 0 saturated carbocycles. The van der Waals surface area contributed by atoms with Gasteiger partial charge in [0, 0.05) is 25.2 Å². The van der Waals surface area contributed by atoms with E-state index in [2.05, 4.69) is 44.9 Å². The van der Waals surface area contributed by atoms with Crippen LogP contribution in [0.25, 0.3) is 22.5 Å². The highest BCUT2D eigenvalue weighted by atomic mass is 15.2. The number of anilines is 1. The minimum Gasteiger partial charge on any atom is -0.359 e. The summed E-state index contributed by atoms with van der Waals surface area (Å²) in [5, 5.41) is 6.14. The van der Waals surface area contributed by atoms with Crippen LogP contribution in [0.15, 0.2) is 65.7 Å². The molecule has 0 bridgehead atoms. The van der Waals surface area contributed by atoms with E-state index in [0.29, 0.717) is 11.9 Å². The molecule has 0 fully saturated rings. The molecule has 0 spiro atoms. The second-order valence-corrected chi connectivity index (χ2v) is 4.99. The third kappa shape index (κ3) is 3.23. The predicted molar refractivity (Wildman–Crippen MR) is 95.5 cm³/mol. The maximum atomic E-state index is 4.71. The van der Waals surface area contributed by atoms with Gasteiger partial charge < -0.3 is 10.3 Å². The predicted octanol–water partition coefficient (Wildman–Crippen LogP) is 3.36. The van der Waals surface area contributed by atoms with Crippen molar-refractivity contribution in [2.45, 2.75) is 0 Å². The molecular formula is C18H19N5. The first-order chi connectivity index (χ1) is 11.3. The van der Waals surface area contributed by atoms with Gasteiger partial charge in [0.2, 0.25) is 5.95 Å². The van der Waals surface area contributed by atoms with Crippen molar-refractivity contribution in [3.8, 4) is 22.5 Å². The van der Waals surface area contributed by atoms with Gasteiger partial charge in [-0.25, -0.2) is 4.98 Å². The summed E-state index contributed by atoms with van der Waals surface area (Å²) >= 11 is 0. The number of imidazole rings is 1. The molecule has 0 aliphatic heterocycles. The van der Waals surface area contributed by atoms with Crippen LogP contribution < -0.4 is 10.6 Å². The third-order valence-corrected chi connectivity index (χ3v) is 3.51. The number of hydrogen-bond acceptors (Lipinski definition) is 2. The Morgan fingerprint density at radius 2 is 1.57 bits per heavy atom. The van der Waals surface area contributed by atoms with Crippen molar-refractivity contribution >= 4 is 11.9 Å². The summed E-state index contributed by atoms with van der Waals surface area (Å²) in [5.74, 6) is 1.30. The van der Waals surface area contributed by atoms with Gasteiger partial charge in [0.25, 0.3) is 0 Å². The lowest BCUT2D eigenvalue weighted by Crippen LogP contribution is -2.27. The number of aliphatic imine (C=N–C) groups is 1. The van der Waals surface area contributed by atoms with Crippen molar-refractivity contribution in [1.29, 1.82) is 0 Å². The lowest BCUT2D eigenvalue weighted by Gasteiger charge is -2.04. The molecule has 3 aromatic rings. The molecule has 0 radical (unpaired) electrons. The largest absolute Gasteiger partial charge is 0.359 e. The van der Waals surface area contributed by atoms with Crippen LogP contribution in [-0.2, 0) is 0 Å². The molecule has 116 valence electrons. The second kappa shape index (κ2) is 6.79. The molecule has 0 aliphatic rings. The normalized spacial score (nSPS) is 11.3. The summed E-state index contributed by atoms with van der Waals surface area (Å²) in [6.07, 6.45) is 0. The van der Waals surface area contributed by atoms with Gasteiger partial charge in [-0.3, -0.25) is 10.3 Å². The van der Waals surface area contributed by atoms with E-state index in [4.69, 9.17) is 4.98 Å². The molecule has 0 amide bonds. The van der Waals surface area contributed by atoms with Crippen LogP contribution in [0.3, 0.4) is 0 Å². The van der Waals surface area contributed by atoms with Crippen LogP contribution in [0.2, 0.25) is 0 Å². The highest BCUT2D eigenvalue weighted by molar-refractivity contribution is 5.93. The van der Waals surface area contributed by atoms with Crippen LogP contribution in [0.4, 0.5) is 5.95 Å². The Morgan fingerprint density at radius 1 is 0.957 bits per heavy atom. The fourth-order valence-corrected chi connectivity index (χ4v) is 2.39. The maximum Gasteiger partial charge on any atom is 0.208 e. The van der Waals surface area contributed by atoms with Crippen LogP contribution >= 0.6 is 0 Å². The first kappa shape index (κ1) is 14.8. The van der Waals surface area contributed by atoms with Crippen molar-refractivity contribution in [2.75, 3.05) is 19.4 Å². The number of benzene rings is 2. The Balaban J connectivity index is 2.08. The number of nitrogens with one attached hydrogen (secondary N) is 3. The van der Waals surface area contributed by atoms with Gasteiger partial charge in [-0.15, -0.1) is 0 Å². The van der Waals surface area contributed by atoms with Crippen LogP contribution in [0, 0.1) is 0 Å². The molecule has 1 aromatic heterocycles. The number of aromatic amines is 1. The van der Waals surface area contributed by atoms with Gasteiger partial charge >= 0.3 is 0 Å². The smallest absolute Gasteiger partial charge is 0.208 e. The standard InChI is InChI=1S/C18H19N5/c1-19-17(20-2)23-18-21-15(13-9-5-3-6-10-13)16(22-18)14-11-7-4-8-12-14/h3-12H,1-2H3,(H3,19,20,21,22,23). The topological polar surface area (TPSA) is 65.1 Å². The highest BCUT2D eigenvalue weighted by Crippen LogP contribution is 2.31. The van der Waals surface area contributed by atoms with E-state index in [1.54, 1.807) is 7.05 Å². The molecule has 23 heavy (non-hydrogen) atoms.